The number of halogens is 3. The maximum Gasteiger partial charge on any atom is 0.271 e. The van der Waals surface area contributed by atoms with E-state index in [1.165, 1.54) is 28.8 Å². The number of fused-ring (bicyclic) bond motifs is 2. The zero-order valence-electron chi connectivity index (χ0n) is 30.2. The summed E-state index contributed by atoms with van der Waals surface area (Å²) >= 11 is 0. The fraction of sp³-hybridized carbons (Fsp3) is 0.105. The normalized spacial score (nSPS) is 11.1. The molecule has 5 aromatic heterocycles. The van der Waals surface area contributed by atoms with Gasteiger partial charge >= 0.3 is 0 Å². The van der Waals surface area contributed by atoms with Crippen LogP contribution in [0.4, 0.5) is 53.5 Å². The van der Waals surface area contributed by atoms with E-state index in [9.17, 15) is 23.3 Å². The first-order valence-electron chi connectivity index (χ1n) is 16.9. The van der Waals surface area contributed by atoms with E-state index < -0.39 is 22.4 Å². The van der Waals surface area contributed by atoms with Crippen LogP contribution in [0.3, 0.4) is 0 Å². The molecular weight excluding hydrogens is 728 g/mol. The molecule has 0 amide bonds. The van der Waals surface area contributed by atoms with Gasteiger partial charge in [-0.2, -0.15) is 18.7 Å². The Bertz CT molecular complexity index is 2790. The Morgan fingerprint density at radius 1 is 0.696 bits per heavy atom. The molecule has 0 fully saturated rings. The summed E-state index contributed by atoms with van der Waals surface area (Å²) in [6.07, 6.45) is 1.28. The van der Waals surface area contributed by atoms with E-state index in [0.29, 0.717) is 45.3 Å². The average Bonchev–Trinajstić information content (AvgIpc) is 3.67. The molecule has 8 rings (SSSR count). The largest absolute Gasteiger partial charge is 0.381 e. The second-order valence-corrected chi connectivity index (χ2v) is 12.7. The lowest BCUT2D eigenvalue weighted by atomic mass is 10.2. The van der Waals surface area contributed by atoms with Crippen LogP contribution in [-0.4, -0.2) is 43.8 Å². The third-order valence-corrected chi connectivity index (χ3v) is 8.56. The number of anilines is 6. The number of nitrogens with two attached hydrogens (primary N) is 2. The van der Waals surface area contributed by atoms with Crippen molar-refractivity contribution in [3.8, 4) is 17.5 Å². The van der Waals surface area contributed by atoms with Crippen LogP contribution in [-0.2, 0) is 0 Å². The molecule has 0 radical (unpaired) electrons. The highest BCUT2D eigenvalue weighted by atomic mass is 19.1. The van der Waals surface area contributed by atoms with Crippen molar-refractivity contribution in [2.75, 3.05) is 22.1 Å². The fourth-order valence-corrected chi connectivity index (χ4v) is 5.80. The molecule has 6 N–H and O–H groups in total. The lowest BCUT2D eigenvalue weighted by molar-refractivity contribution is -0.384. The van der Waals surface area contributed by atoms with E-state index >= 15 is 0 Å². The maximum absolute atomic E-state index is 14.5. The van der Waals surface area contributed by atoms with Crippen molar-refractivity contribution in [2.45, 2.75) is 27.7 Å². The molecule has 0 aliphatic carbocycles. The average molecular weight is 760 g/mol. The summed E-state index contributed by atoms with van der Waals surface area (Å²) < 4.78 is 45.8. The summed E-state index contributed by atoms with van der Waals surface area (Å²) in [6.45, 7) is 7.35. The molecule has 0 aliphatic rings. The summed E-state index contributed by atoms with van der Waals surface area (Å²) in [5.74, 6) is -2.00. The summed E-state index contributed by atoms with van der Waals surface area (Å²) in [6, 6.07) is 21.9. The lowest BCUT2D eigenvalue weighted by Crippen LogP contribution is -2.10. The predicted octanol–water partition coefficient (Wildman–Crippen LogP) is 7.82. The van der Waals surface area contributed by atoms with Gasteiger partial charge in [0.2, 0.25) is 17.6 Å². The highest BCUT2D eigenvalue weighted by Gasteiger charge is 2.21. The van der Waals surface area contributed by atoms with Crippen LogP contribution in [0.5, 0.6) is 0 Å². The second kappa shape index (κ2) is 14.7. The minimum atomic E-state index is -0.771. The Morgan fingerprint density at radius 2 is 1.29 bits per heavy atom. The van der Waals surface area contributed by atoms with Crippen LogP contribution < -0.4 is 22.1 Å². The molecule has 3 aromatic carbocycles. The number of aryl methyl sites for hydroxylation is 4. The van der Waals surface area contributed by atoms with Gasteiger partial charge < -0.3 is 22.1 Å². The van der Waals surface area contributed by atoms with Gasteiger partial charge in [0.1, 0.15) is 23.0 Å². The summed E-state index contributed by atoms with van der Waals surface area (Å²) in [7, 11) is 0. The van der Waals surface area contributed by atoms with Crippen molar-refractivity contribution >= 4 is 57.0 Å². The SMILES string of the molecule is Cc1ccc(Nc2nc(-c3c(C)nc4ccc(F)cn34)nc(N)c2F)cc1.Cc1ccc(Nc2nc(-n3c(C)nc4cc([N+](=O)[O-])ccc43)nc(N)c2F)cc1. The topological polar surface area (TPSA) is 206 Å². The smallest absolute Gasteiger partial charge is 0.271 e. The zero-order valence-corrected chi connectivity index (χ0v) is 30.2. The predicted molar refractivity (Wildman–Crippen MR) is 207 cm³/mol. The molecule has 0 aliphatic heterocycles. The number of non-ortho nitro benzene ring substituents is 1. The van der Waals surface area contributed by atoms with Crippen LogP contribution in [0.25, 0.3) is 34.1 Å². The van der Waals surface area contributed by atoms with Gasteiger partial charge in [-0.25, -0.2) is 24.3 Å². The van der Waals surface area contributed by atoms with Gasteiger partial charge in [0.25, 0.3) is 5.69 Å². The highest BCUT2D eigenvalue weighted by molar-refractivity contribution is 5.80. The number of nitro benzene ring substituents is 1. The molecule has 8 aromatic rings. The number of nitro groups is 1. The molecular formula is C38H32F3N13O2. The molecule has 18 heteroatoms. The molecule has 282 valence electrons. The first-order chi connectivity index (χ1) is 26.7. The van der Waals surface area contributed by atoms with E-state index in [1.807, 2.05) is 50.2 Å². The number of nitrogen functional groups attached to an aromatic ring is 2. The minimum Gasteiger partial charge on any atom is -0.381 e. The Hall–Kier alpha value is -7.63. The second-order valence-electron chi connectivity index (χ2n) is 12.7. The van der Waals surface area contributed by atoms with Crippen LogP contribution in [0, 0.1) is 55.3 Å². The minimum absolute atomic E-state index is 0.0629. The first-order valence-corrected chi connectivity index (χ1v) is 16.9. The molecule has 5 heterocycles. The number of imidazole rings is 2. The van der Waals surface area contributed by atoms with Crippen molar-refractivity contribution in [1.29, 1.82) is 0 Å². The Balaban J connectivity index is 0.000000172. The van der Waals surface area contributed by atoms with Crippen molar-refractivity contribution in [3.63, 3.8) is 0 Å². The third kappa shape index (κ3) is 7.30. The number of rotatable bonds is 7. The van der Waals surface area contributed by atoms with E-state index in [0.717, 1.165) is 11.1 Å². The number of hydrogen-bond acceptors (Lipinski definition) is 12. The third-order valence-electron chi connectivity index (χ3n) is 8.56. The standard InChI is InChI=1S/C19H16F2N6.C19H16FN7O2/c1-10-3-6-13(7-4-10)24-18-15(21)17(22)25-19(26-18)16-11(2)23-14-8-5-12(20)9-27(14)16;1-10-3-5-12(6-4-10)23-18-16(20)17(21)24-19(25-18)26-11(2)22-14-9-13(27(28)29)7-8-15(14)26/h3-9H,1-2H3,(H3,22,24,25,26);3-9H,1-2H3,(H3,21,23,24,25). The van der Waals surface area contributed by atoms with E-state index in [-0.39, 0.29) is 40.7 Å². The lowest BCUT2D eigenvalue weighted by Gasteiger charge is -2.12. The van der Waals surface area contributed by atoms with Gasteiger partial charge in [0.05, 0.1) is 21.7 Å². The molecule has 0 saturated heterocycles. The Kier molecular flexibility index (Phi) is 9.61. The molecule has 15 nitrogen and oxygen atoms in total. The number of hydrogen-bond donors (Lipinski definition) is 4. The number of benzene rings is 3. The van der Waals surface area contributed by atoms with Gasteiger partial charge in [-0.15, -0.1) is 0 Å². The van der Waals surface area contributed by atoms with Crippen LogP contribution in [0.2, 0.25) is 0 Å². The van der Waals surface area contributed by atoms with Crippen LogP contribution in [0.1, 0.15) is 22.6 Å². The zero-order chi connectivity index (χ0) is 39.8. The number of pyridine rings is 1. The van der Waals surface area contributed by atoms with E-state index in [1.54, 1.807) is 42.7 Å². The summed E-state index contributed by atoms with van der Waals surface area (Å²) in [5.41, 5.74) is 17.4. The van der Waals surface area contributed by atoms with Gasteiger partial charge in [-0.3, -0.25) is 19.1 Å². The Labute approximate surface area is 316 Å². The highest BCUT2D eigenvalue weighted by Crippen LogP contribution is 2.30. The number of nitrogens with one attached hydrogen (secondary N) is 2. The molecule has 0 bridgehead atoms. The van der Waals surface area contributed by atoms with Gasteiger partial charge in [-0.1, -0.05) is 35.4 Å². The van der Waals surface area contributed by atoms with Crippen LogP contribution in [0.15, 0.2) is 85.1 Å². The molecule has 0 spiro atoms. The van der Waals surface area contributed by atoms with Gasteiger partial charge in [-0.05, 0) is 70.2 Å². The van der Waals surface area contributed by atoms with Gasteiger partial charge in [0, 0.05) is 29.7 Å². The molecule has 0 unspecified atom stereocenters. The molecule has 56 heavy (non-hydrogen) atoms. The van der Waals surface area contributed by atoms with Gasteiger partial charge in [0.15, 0.2) is 29.1 Å². The fourth-order valence-electron chi connectivity index (χ4n) is 5.80. The number of aromatic nitrogens is 8. The van der Waals surface area contributed by atoms with Crippen molar-refractivity contribution in [2.24, 2.45) is 0 Å². The monoisotopic (exact) mass is 759 g/mol. The van der Waals surface area contributed by atoms with E-state index in [2.05, 4.69) is 40.5 Å². The van der Waals surface area contributed by atoms with Crippen molar-refractivity contribution in [1.82, 2.24) is 38.9 Å². The summed E-state index contributed by atoms with van der Waals surface area (Å²) in [5, 5.41) is 16.8. The van der Waals surface area contributed by atoms with Crippen LogP contribution >= 0.6 is 0 Å². The van der Waals surface area contributed by atoms with Crippen molar-refractivity contribution < 1.29 is 18.1 Å². The maximum atomic E-state index is 14.5. The Morgan fingerprint density at radius 3 is 1.89 bits per heavy atom. The summed E-state index contributed by atoms with van der Waals surface area (Å²) in [4.78, 5) is 35.8. The quantitative estimate of drug-likeness (QED) is 0.0907. The number of nitrogens with zero attached hydrogens (tertiary/aromatic N) is 9. The first kappa shape index (κ1) is 36.7. The molecule has 0 saturated carbocycles. The molecule has 0 atom stereocenters. The van der Waals surface area contributed by atoms with E-state index in [4.69, 9.17) is 11.5 Å². The van der Waals surface area contributed by atoms with Crippen molar-refractivity contribution in [3.05, 3.63) is 135 Å².